The van der Waals surface area contributed by atoms with Crippen LogP contribution in [0.5, 0.6) is 0 Å². The fourth-order valence-corrected chi connectivity index (χ4v) is 2.38. The van der Waals surface area contributed by atoms with Crippen molar-refractivity contribution in [1.29, 1.82) is 0 Å². The van der Waals surface area contributed by atoms with Crippen molar-refractivity contribution in [1.82, 2.24) is 0 Å². The van der Waals surface area contributed by atoms with Gasteiger partial charge in [0.2, 0.25) is 0 Å². The van der Waals surface area contributed by atoms with Crippen LogP contribution in [0.15, 0.2) is 0 Å². The quantitative estimate of drug-likeness (QED) is 0.363. The Morgan fingerprint density at radius 3 is 1.88 bits per heavy atom. The van der Waals surface area contributed by atoms with Gasteiger partial charge in [0.15, 0.2) is 30.7 Å². The molecule has 1 rings (SSSR count). The van der Waals surface area contributed by atoms with Crippen LogP contribution in [0.2, 0.25) is 0 Å². The standard InChI is InChI=1S/C16H24O10/c1-5-6-7-22-15(20)13-11(23-8(2)17)12(24-9(3)18)14(16(21)26-13)25-10(4)19/h11-14,16,21H,5-7H2,1-4H3/t11-,12-,13-,14+,16?/m0/s1. The van der Waals surface area contributed by atoms with E-state index >= 15 is 0 Å². The Labute approximate surface area is 150 Å². The van der Waals surface area contributed by atoms with Crippen LogP contribution in [0.3, 0.4) is 0 Å². The van der Waals surface area contributed by atoms with E-state index in [-0.39, 0.29) is 6.61 Å². The molecule has 148 valence electrons. The van der Waals surface area contributed by atoms with Gasteiger partial charge in [0.25, 0.3) is 0 Å². The van der Waals surface area contributed by atoms with Gasteiger partial charge in [-0.25, -0.2) is 4.79 Å². The number of unbranched alkanes of at least 4 members (excludes halogenated alkanes) is 1. The summed E-state index contributed by atoms with van der Waals surface area (Å²) in [5, 5.41) is 10.1. The average Bonchev–Trinajstić information content (AvgIpc) is 2.52. The molecule has 0 aliphatic carbocycles. The highest BCUT2D eigenvalue weighted by Crippen LogP contribution is 2.28. The summed E-state index contributed by atoms with van der Waals surface area (Å²) in [6.07, 6.45) is -6.37. The average molecular weight is 376 g/mol. The van der Waals surface area contributed by atoms with Gasteiger partial charge in [0.05, 0.1) is 6.61 Å². The molecule has 1 aliphatic heterocycles. The number of hydrogen-bond donors (Lipinski definition) is 1. The smallest absolute Gasteiger partial charge is 0.339 e. The third kappa shape index (κ3) is 6.26. The molecule has 0 spiro atoms. The van der Waals surface area contributed by atoms with E-state index in [4.69, 9.17) is 23.7 Å². The Balaban J connectivity index is 3.12. The van der Waals surface area contributed by atoms with Crippen LogP contribution in [0.25, 0.3) is 0 Å². The van der Waals surface area contributed by atoms with Crippen molar-refractivity contribution < 1.29 is 48.0 Å². The molecule has 0 radical (unpaired) electrons. The van der Waals surface area contributed by atoms with Gasteiger partial charge in [-0.3, -0.25) is 14.4 Å². The number of hydrogen-bond acceptors (Lipinski definition) is 10. The van der Waals surface area contributed by atoms with Crippen molar-refractivity contribution in [2.45, 2.75) is 71.2 Å². The molecule has 1 heterocycles. The highest BCUT2D eigenvalue weighted by Gasteiger charge is 2.54. The molecule has 0 aromatic heterocycles. The molecule has 0 saturated carbocycles. The molecular weight excluding hydrogens is 352 g/mol. The number of aliphatic hydroxyl groups excluding tert-OH is 1. The number of carbonyl (C=O) groups excluding carboxylic acids is 4. The van der Waals surface area contributed by atoms with Gasteiger partial charge in [0, 0.05) is 20.8 Å². The maximum atomic E-state index is 12.3. The van der Waals surface area contributed by atoms with Crippen molar-refractivity contribution in [2.24, 2.45) is 0 Å². The highest BCUT2D eigenvalue weighted by atomic mass is 16.7. The van der Waals surface area contributed by atoms with Crippen molar-refractivity contribution in [2.75, 3.05) is 6.61 Å². The molecule has 10 nitrogen and oxygen atoms in total. The largest absolute Gasteiger partial charge is 0.464 e. The third-order valence-corrected chi connectivity index (χ3v) is 3.39. The number of esters is 4. The van der Waals surface area contributed by atoms with Crippen molar-refractivity contribution in [3.8, 4) is 0 Å². The number of rotatable bonds is 7. The molecule has 0 amide bonds. The second kappa shape index (κ2) is 10.1. The molecule has 1 saturated heterocycles. The molecule has 5 atom stereocenters. The minimum Gasteiger partial charge on any atom is -0.464 e. The second-order valence-corrected chi connectivity index (χ2v) is 5.69. The Morgan fingerprint density at radius 1 is 0.885 bits per heavy atom. The maximum Gasteiger partial charge on any atom is 0.339 e. The van der Waals surface area contributed by atoms with Gasteiger partial charge in [-0.15, -0.1) is 0 Å². The van der Waals surface area contributed by atoms with E-state index in [0.29, 0.717) is 6.42 Å². The highest BCUT2D eigenvalue weighted by molar-refractivity contribution is 5.77. The predicted octanol–water partition coefficient (Wildman–Crippen LogP) is -0.158. The summed E-state index contributed by atoms with van der Waals surface area (Å²) in [6, 6.07) is 0. The van der Waals surface area contributed by atoms with Crippen LogP contribution in [0, 0.1) is 0 Å². The number of aliphatic hydroxyl groups is 1. The van der Waals surface area contributed by atoms with E-state index < -0.39 is 54.6 Å². The summed E-state index contributed by atoms with van der Waals surface area (Å²) in [4.78, 5) is 46.4. The molecule has 1 aliphatic rings. The first kappa shape index (κ1) is 21.8. The number of ether oxygens (including phenoxy) is 5. The van der Waals surface area contributed by atoms with Gasteiger partial charge < -0.3 is 28.8 Å². The first-order valence-electron chi connectivity index (χ1n) is 8.19. The lowest BCUT2D eigenvalue weighted by molar-refractivity contribution is -0.290. The Hall–Kier alpha value is -2.20. The van der Waals surface area contributed by atoms with E-state index in [1.54, 1.807) is 0 Å². The summed E-state index contributed by atoms with van der Waals surface area (Å²) in [5.41, 5.74) is 0. The molecular formula is C16H24O10. The Bertz CT molecular complexity index is 531. The topological polar surface area (TPSA) is 135 Å². The van der Waals surface area contributed by atoms with E-state index in [9.17, 15) is 24.3 Å². The van der Waals surface area contributed by atoms with Crippen molar-refractivity contribution >= 4 is 23.9 Å². The number of carbonyl (C=O) groups is 4. The summed E-state index contributed by atoms with van der Waals surface area (Å²) < 4.78 is 25.2. The fraction of sp³-hybridized carbons (Fsp3) is 0.750. The molecule has 0 bridgehead atoms. The zero-order valence-electron chi connectivity index (χ0n) is 15.1. The molecule has 1 fully saturated rings. The monoisotopic (exact) mass is 376 g/mol. The van der Waals surface area contributed by atoms with Gasteiger partial charge in [0.1, 0.15) is 0 Å². The maximum absolute atomic E-state index is 12.3. The summed E-state index contributed by atoms with van der Waals surface area (Å²) in [6.45, 7) is 5.23. The molecule has 0 aromatic carbocycles. The minimum atomic E-state index is -1.79. The van der Waals surface area contributed by atoms with Gasteiger partial charge in [-0.05, 0) is 6.42 Å². The van der Waals surface area contributed by atoms with Crippen LogP contribution in [0.4, 0.5) is 0 Å². The molecule has 1 N–H and O–H groups in total. The van der Waals surface area contributed by atoms with Crippen molar-refractivity contribution in [3.63, 3.8) is 0 Å². The lowest BCUT2D eigenvalue weighted by atomic mass is 9.98. The zero-order chi connectivity index (χ0) is 19.9. The first-order chi connectivity index (χ1) is 12.2. The van der Waals surface area contributed by atoms with Crippen LogP contribution in [-0.4, -0.2) is 66.3 Å². The molecule has 1 unspecified atom stereocenters. The van der Waals surface area contributed by atoms with Crippen LogP contribution < -0.4 is 0 Å². The minimum absolute atomic E-state index is 0.101. The summed E-state index contributed by atoms with van der Waals surface area (Å²) >= 11 is 0. The molecule has 0 aromatic rings. The second-order valence-electron chi connectivity index (χ2n) is 5.69. The third-order valence-electron chi connectivity index (χ3n) is 3.39. The lowest BCUT2D eigenvalue weighted by Gasteiger charge is -2.41. The summed E-state index contributed by atoms with van der Waals surface area (Å²) in [5.74, 6) is -3.28. The van der Waals surface area contributed by atoms with E-state index in [1.807, 2.05) is 6.92 Å². The van der Waals surface area contributed by atoms with E-state index in [0.717, 1.165) is 27.2 Å². The fourth-order valence-electron chi connectivity index (χ4n) is 2.38. The Kier molecular flexibility index (Phi) is 8.46. The molecule has 26 heavy (non-hydrogen) atoms. The van der Waals surface area contributed by atoms with Crippen molar-refractivity contribution in [3.05, 3.63) is 0 Å². The van der Waals surface area contributed by atoms with Gasteiger partial charge in [-0.2, -0.15) is 0 Å². The molecule has 10 heteroatoms. The SMILES string of the molecule is CCCCOC(=O)[C@H]1OC(O)[C@H](OC(C)=O)[C@@H](OC(C)=O)[C@@H]1OC(C)=O. The zero-order valence-corrected chi connectivity index (χ0v) is 15.1. The van der Waals surface area contributed by atoms with E-state index in [1.165, 1.54) is 0 Å². The van der Waals surface area contributed by atoms with E-state index in [2.05, 4.69) is 0 Å². The van der Waals surface area contributed by atoms with Crippen LogP contribution >= 0.6 is 0 Å². The van der Waals surface area contributed by atoms with Crippen LogP contribution in [0.1, 0.15) is 40.5 Å². The Morgan fingerprint density at radius 2 is 1.38 bits per heavy atom. The van der Waals surface area contributed by atoms with Gasteiger partial charge in [-0.1, -0.05) is 13.3 Å². The van der Waals surface area contributed by atoms with Crippen LogP contribution in [-0.2, 0) is 42.9 Å². The lowest BCUT2D eigenvalue weighted by Crippen LogP contribution is -2.63. The first-order valence-corrected chi connectivity index (χ1v) is 8.19. The predicted molar refractivity (Wildman–Crippen MR) is 83.4 cm³/mol. The normalized spacial score (nSPS) is 28.0. The summed E-state index contributed by atoms with van der Waals surface area (Å²) in [7, 11) is 0. The van der Waals surface area contributed by atoms with Gasteiger partial charge >= 0.3 is 23.9 Å².